The van der Waals surface area contributed by atoms with Gasteiger partial charge >= 0.3 is 0 Å². The van der Waals surface area contributed by atoms with E-state index in [1.165, 1.54) is 11.3 Å². The van der Waals surface area contributed by atoms with Crippen molar-refractivity contribution in [2.45, 2.75) is 33.4 Å². The van der Waals surface area contributed by atoms with Crippen LogP contribution in [0.3, 0.4) is 0 Å². The van der Waals surface area contributed by atoms with E-state index < -0.39 is 17.7 Å². The molecule has 5 heteroatoms. The molecule has 1 N–H and O–H groups in total. The lowest BCUT2D eigenvalue weighted by atomic mass is 9.93. The lowest BCUT2D eigenvalue weighted by Gasteiger charge is -2.25. The number of thiophene rings is 1. The third-order valence-corrected chi connectivity index (χ3v) is 6.45. The molecule has 152 valence electrons. The van der Waals surface area contributed by atoms with Gasteiger partial charge in [0.2, 0.25) is 0 Å². The lowest BCUT2D eigenvalue weighted by molar-refractivity contribution is -0.140. The van der Waals surface area contributed by atoms with Crippen molar-refractivity contribution in [3.63, 3.8) is 0 Å². The summed E-state index contributed by atoms with van der Waals surface area (Å²) in [5, 5.41) is 13.1. The zero-order chi connectivity index (χ0) is 21.4. The molecule has 1 fully saturated rings. The van der Waals surface area contributed by atoms with Crippen LogP contribution in [-0.2, 0) is 16.1 Å². The average Bonchev–Trinajstić information content (AvgIpc) is 3.32. The fraction of sp³-hybridized carbons (Fsp3) is 0.200. The molecule has 1 saturated heterocycles. The second-order valence-electron chi connectivity index (χ2n) is 7.72. The number of carbonyl (C=O) groups is 2. The normalized spacial score (nSPS) is 18.2. The van der Waals surface area contributed by atoms with Crippen LogP contribution >= 0.6 is 11.3 Å². The summed E-state index contributed by atoms with van der Waals surface area (Å²) >= 11 is 1.54. The van der Waals surface area contributed by atoms with Crippen LogP contribution < -0.4 is 0 Å². The van der Waals surface area contributed by atoms with Gasteiger partial charge in [0, 0.05) is 10.4 Å². The van der Waals surface area contributed by atoms with Crippen LogP contribution in [0.25, 0.3) is 5.76 Å². The topological polar surface area (TPSA) is 57.6 Å². The van der Waals surface area contributed by atoms with Gasteiger partial charge in [-0.05, 0) is 55.0 Å². The van der Waals surface area contributed by atoms with Crippen LogP contribution in [-0.4, -0.2) is 21.7 Å². The van der Waals surface area contributed by atoms with Crippen molar-refractivity contribution < 1.29 is 14.7 Å². The first-order chi connectivity index (χ1) is 14.4. The summed E-state index contributed by atoms with van der Waals surface area (Å²) < 4.78 is 0. The van der Waals surface area contributed by atoms with Crippen molar-refractivity contribution in [2.75, 3.05) is 0 Å². The number of hydrogen-bond donors (Lipinski definition) is 1. The molecule has 1 unspecified atom stereocenters. The second-order valence-corrected chi connectivity index (χ2v) is 8.75. The van der Waals surface area contributed by atoms with Gasteiger partial charge < -0.3 is 10.0 Å². The van der Waals surface area contributed by atoms with Crippen LogP contribution in [0.1, 0.15) is 38.7 Å². The van der Waals surface area contributed by atoms with Crippen molar-refractivity contribution in [1.82, 2.24) is 4.90 Å². The van der Waals surface area contributed by atoms with Crippen LogP contribution in [0.15, 0.2) is 65.6 Å². The highest BCUT2D eigenvalue weighted by atomic mass is 32.1. The van der Waals surface area contributed by atoms with Gasteiger partial charge in [-0.25, -0.2) is 0 Å². The van der Waals surface area contributed by atoms with Crippen molar-refractivity contribution in [1.29, 1.82) is 0 Å². The third-order valence-electron chi connectivity index (χ3n) is 5.58. The van der Waals surface area contributed by atoms with E-state index >= 15 is 0 Å². The first kappa shape index (κ1) is 20.1. The van der Waals surface area contributed by atoms with Crippen molar-refractivity contribution in [3.05, 3.63) is 98.2 Å². The number of aliphatic hydroxyl groups is 1. The van der Waals surface area contributed by atoms with E-state index in [2.05, 4.69) is 0 Å². The molecule has 0 radical (unpaired) electrons. The zero-order valence-electron chi connectivity index (χ0n) is 17.2. The van der Waals surface area contributed by atoms with Gasteiger partial charge in [-0.1, -0.05) is 48.0 Å². The lowest BCUT2D eigenvalue weighted by Crippen LogP contribution is -2.28. The summed E-state index contributed by atoms with van der Waals surface area (Å²) in [6.07, 6.45) is 0. The number of aryl methyl sites for hydroxylation is 3. The first-order valence-electron chi connectivity index (χ1n) is 9.82. The number of benzene rings is 2. The number of Topliss-reactive ketones (excluding diaryl/α,β-unsaturated/α-hetero) is 1. The molecule has 1 aliphatic heterocycles. The van der Waals surface area contributed by atoms with E-state index in [9.17, 15) is 14.7 Å². The highest BCUT2D eigenvalue weighted by molar-refractivity contribution is 7.09. The molecule has 4 rings (SSSR count). The molecule has 2 heterocycles. The quantitative estimate of drug-likeness (QED) is 0.356. The molecule has 1 amide bonds. The van der Waals surface area contributed by atoms with Crippen molar-refractivity contribution in [2.24, 2.45) is 0 Å². The van der Waals surface area contributed by atoms with E-state index in [0.717, 1.165) is 27.1 Å². The number of likely N-dealkylation sites (tertiary alicyclic amines) is 1. The molecule has 0 aliphatic carbocycles. The van der Waals surface area contributed by atoms with Gasteiger partial charge in [-0.3, -0.25) is 9.59 Å². The maximum Gasteiger partial charge on any atom is 0.295 e. The Labute approximate surface area is 180 Å². The van der Waals surface area contributed by atoms with E-state index in [1.807, 2.05) is 74.7 Å². The van der Waals surface area contributed by atoms with Crippen LogP contribution in [0.4, 0.5) is 0 Å². The first-order valence-corrected chi connectivity index (χ1v) is 10.7. The molecule has 0 saturated carbocycles. The molecule has 30 heavy (non-hydrogen) atoms. The number of hydrogen-bond acceptors (Lipinski definition) is 4. The van der Waals surface area contributed by atoms with Crippen LogP contribution in [0.2, 0.25) is 0 Å². The monoisotopic (exact) mass is 417 g/mol. The predicted octanol–water partition coefficient (Wildman–Crippen LogP) is 5.30. The smallest absolute Gasteiger partial charge is 0.295 e. The highest BCUT2D eigenvalue weighted by Crippen LogP contribution is 2.40. The van der Waals surface area contributed by atoms with Gasteiger partial charge in [-0.15, -0.1) is 11.3 Å². The Morgan fingerprint density at radius 2 is 1.80 bits per heavy atom. The average molecular weight is 418 g/mol. The Bertz CT molecular complexity index is 1160. The summed E-state index contributed by atoms with van der Waals surface area (Å²) in [6, 6.07) is 16.5. The maximum absolute atomic E-state index is 13.1. The third kappa shape index (κ3) is 3.57. The highest BCUT2D eigenvalue weighted by Gasteiger charge is 2.46. The Kier molecular flexibility index (Phi) is 5.31. The fourth-order valence-electron chi connectivity index (χ4n) is 3.84. The molecule has 1 atom stereocenters. The van der Waals surface area contributed by atoms with Gasteiger partial charge in [0.05, 0.1) is 18.2 Å². The molecule has 2 aromatic carbocycles. The Morgan fingerprint density at radius 1 is 1.00 bits per heavy atom. The van der Waals surface area contributed by atoms with Crippen LogP contribution in [0, 0.1) is 20.8 Å². The molecule has 1 aliphatic rings. The fourth-order valence-corrected chi connectivity index (χ4v) is 4.55. The Balaban J connectivity index is 1.89. The SMILES string of the molecule is Cc1cccc(C2/C(=C(/O)c3ccc(C)c(C)c3)C(=O)C(=O)N2Cc2cccs2)c1. The van der Waals surface area contributed by atoms with Gasteiger partial charge in [0.1, 0.15) is 5.76 Å². The van der Waals surface area contributed by atoms with E-state index in [0.29, 0.717) is 12.1 Å². The molecule has 4 nitrogen and oxygen atoms in total. The molecular formula is C25H23NO3S. The Hall–Kier alpha value is -3.18. The Morgan fingerprint density at radius 3 is 2.47 bits per heavy atom. The number of carbonyl (C=O) groups excluding carboxylic acids is 2. The summed E-state index contributed by atoms with van der Waals surface area (Å²) in [6.45, 7) is 6.24. The summed E-state index contributed by atoms with van der Waals surface area (Å²) in [4.78, 5) is 28.6. The predicted molar refractivity (Wildman–Crippen MR) is 119 cm³/mol. The summed E-state index contributed by atoms with van der Waals surface area (Å²) in [5.74, 6) is -1.36. The van der Waals surface area contributed by atoms with Crippen LogP contribution in [0.5, 0.6) is 0 Å². The largest absolute Gasteiger partial charge is 0.507 e. The van der Waals surface area contributed by atoms with Crippen molar-refractivity contribution >= 4 is 28.8 Å². The minimum atomic E-state index is -0.645. The minimum Gasteiger partial charge on any atom is -0.507 e. The number of ketones is 1. The number of nitrogens with zero attached hydrogens (tertiary/aromatic N) is 1. The molecule has 0 bridgehead atoms. The summed E-state index contributed by atoms with van der Waals surface area (Å²) in [7, 11) is 0. The van der Waals surface area contributed by atoms with E-state index in [4.69, 9.17) is 0 Å². The standard InChI is InChI=1S/C25H23NO3S/c1-15-6-4-7-18(12-15)22-21(23(27)19-10-9-16(2)17(3)13-19)24(28)25(29)26(22)14-20-8-5-11-30-20/h4-13,22,27H,14H2,1-3H3/b23-21-. The molecule has 1 aromatic heterocycles. The van der Waals surface area contributed by atoms with Gasteiger partial charge in [0.15, 0.2) is 0 Å². The minimum absolute atomic E-state index is 0.128. The zero-order valence-corrected chi connectivity index (χ0v) is 18.0. The number of rotatable bonds is 4. The van der Waals surface area contributed by atoms with Gasteiger partial charge in [0.25, 0.3) is 11.7 Å². The maximum atomic E-state index is 13.1. The summed E-state index contributed by atoms with van der Waals surface area (Å²) in [5.41, 5.74) is 4.64. The molecule has 0 spiro atoms. The second kappa shape index (κ2) is 7.92. The van der Waals surface area contributed by atoms with E-state index in [-0.39, 0.29) is 11.3 Å². The molecule has 3 aromatic rings. The molecular weight excluding hydrogens is 394 g/mol. The number of amides is 1. The van der Waals surface area contributed by atoms with Gasteiger partial charge in [-0.2, -0.15) is 0 Å². The van der Waals surface area contributed by atoms with Crippen molar-refractivity contribution in [3.8, 4) is 0 Å². The number of aliphatic hydroxyl groups excluding tert-OH is 1. The van der Waals surface area contributed by atoms with E-state index in [1.54, 1.807) is 11.0 Å².